The van der Waals surface area contributed by atoms with E-state index in [1.54, 1.807) is 0 Å². The minimum absolute atomic E-state index is 0.0218. The first-order valence-electron chi connectivity index (χ1n) is 13.5. The van der Waals surface area contributed by atoms with Crippen LogP contribution in [-0.4, -0.2) is 42.3 Å². The molecule has 4 bridgehead atoms. The molecule has 3 aliphatic heterocycles. The molecular weight excluding hydrogens is 440 g/mol. The van der Waals surface area contributed by atoms with Crippen molar-refractivity contribution in [1.82, 2.24) is 0 Å². The van der Waals surface area contributed by atoms with Gasteiger partial charge in [0.15, 0.2) is 0 Å². The fourth-order valence-electron chi connectivity index (χ4n) is 5.09. The Balaban J connectivity index is 1.76. The van der Waals surface area contributed by atoms with E-state index in [-0.39, 0.29) is 54.9 Å². The normalized spacial score (nSPS) is 36.9. The lowest BCUT2D eigenvalue weighted by Crippen LogP contribution is -2.39. The third kappa shape index (κ3) is 9.53. The van der Waals surface area contributed by atoms with Crippen molar-refractivity contribution >= 4 is 11.8 Å². The van der Waals surface area contributed by atoms with Crippen LogP contribution in [-0.2, 0) is 23.8 Å². The number of rotatable bonds is 4. The highest BCUT2D eigenvalue weighted by Crippen LogP contribution is 2.31. The van der Waals surface area contributed by atoms with Gasteiger partial charge >= 0.3 is 5.97 Å². The molecule has 7 atom stereocenters. The number of esters is 1. The van der Waals surface area contributed by atoms with Gasteiger partial charge in [-0.2, -0.15) is 0 Å². The van der Waals surface area contributed by atoms with Crippen LogP contribution < -0.4 is 0 Å². The molecule has 0 aromatic carbocycles. The predicted molar refractivity (Wildman–Crippen MR) is 139 cm³/mol. The van der Waals surface area contributed by atoms with E-state index in [9.17, 15) is 9.59 Å². The van der Waals surface area contributed by atoms with Crippen LogP contribution in [0.1, 0.15) is 85.5 Å². The Morgan fingerprint density at radius 1 is 0.914 bits per heavy atom. The number of ketones is 1. The summed E-state index contributed by atoms with van der Waals surface area (Å²) in [5, 5.41) is 0. The Hall–Kier alpha value is -1.98. The van der Waals surface area contributed by atoms with E-state index >= 15 is 0 Å². The first-order chi connectivity index (χ1) is 16.8. The Morgan fingerprint density at radius 3 is 2.40 bits per heavy atom. The van der Waals surface area contributed by atoms with Gasteiger partial charge in [-0.15, -0.1) is 0 Å². The molecule has 0 N–H and O–H groups in total. The maximum Gasteiger partial charge on any atom is 0.309 e. The van der Waals surface area contributed by atoms with E-state index < -0.39 is 6.10 Å². The highest BCUT2D eigenvalue weighted by atomic mass is 16.5. The second-order valence-electron chi connectivity index (χ2n) is 10.6. The van der Waals surface area contributed by atoms with Crippen molar-refractivity contribution in [3.05, 3.63) is 48.1 Å². The maximum absolute atomic E-state index is 12.9. The quantitative estimate of drug-likeness (QED) is 0.261. The van der Waals surface area contributed by atoms with E-state index in [0.29, 0.717) is 12.3 Å². The Bertz CT molecular complexity index is 823. The van der Waals surface area contributed by atoms with Gasteiger partial charge in [0.2, 0.25) is 0 Å². The smallest absolute Gasteiger partial charge is 0.309 e. The number of Topliss-reactive ketones (excluding diaryl/α,β-unsaturated/α-hetero) is 1. The number of hydrogen-bond donors (Lipinski definition) is 0. The van der Waals surface area contributed by atoms with Crippen molar-refractivity contribution < 1.29 is 23.8 Å². The molecule has 2 saturated heterocycles. The molecule has 0 aliphatic carbocycles. The first-order valence-corrected chi connectivity index (χ1v) is 13.5. The molecule has 3 rings (SSSR count). The molecule has 5 nitrogen and oxygen atoms in total. The lowest BCUT2D eigenvalue weighted by Gasteiger charge is -2.36. The maximum atomic E-state index is 12.9. The Labute approximate surface area is 211 Å². The standard InChI is InChI=1S/C30H44O5/c1-5-21(2)10-7-6-8-13-29-23(4)15-14-22(3)16-25-11-9-12-26(33-25)19-27-17-24(31)18-28(34-27)20-30(32)35-29/h6-8,10,13-15,22-23,25-29H,5,9,11-12,16-20H2,1-4H3/b7-6-,13-8+,15-14+,21-10+/t22-,23-,25+,26?,27?,28?,29?/m0/s1. The zero-order chi connectivity index (χ0) is 25.2. The van der Waals surface area contributed by atoms with Crippen molar-refractivity contribution in [1.29, 1.82) is 0 Å². The van der Waals surface area contributed by atoms with Crippen LogP contribution in [0.2, 0.25) is 0 Å². The molecule has 3 heterocycles. The molecule has 0 radical (unpaired) electrons. The summed E-state index contributed by atoms with van der Waals surface area (Å²) in [6.45, 7) is 8.53. The Morgan fingerprint density at radius 2 is 1.63 bits per heavy atom. The Kier molecular flexibility index (Phi) is 11.0. The van der Waals surface area contributed by atoms with Crippen molar-refractivity contribution in [3.8, 4) is 0 Å². The second-order valence-corrected chi connectivity index (χ2v) is 10.6. The van der Waals surface area contributed by atoms with Crippen LogP contribution in [0.15, 0.2) is 48.1 Å². The van der Waals surface area contributed by atoms with Gasteiger partial charge in [-0.3, -0.25) is 9.59 Å². The van der Waals surface area contributed by atoms with Crippen LogP contribution in [0.4, 0.5) is 0 Å². The molecule has 0 aromatic heterocycles. The van der Waals surface area contributed by atoms with E-state index in [0.717, 1.165) is 38.5 Å². The van der Waals surface area contributed by atoms with Gasteiger partial charge in [0.25, 0.3) is 0 Å². The zero-order valence-corrected chi connectivity index (χ0v) is 22.0. The number of ether oxygens (including phenoxy) is 3. The minimum Gasteiger partial charge on any atom is -0.457 e. The summed E-state index contributed by atoms with van der Waals surface area (Å²) < 4.78 is 18.5. The van der Waals surface area contributed by atoms with Crippen molar-refractivity contribution in [3.63, 3.8) is 0 Å². The van der Waals surface area contributed by atoms with Crippen LogP contribution >= 0.6 is 0 Å². The summed E-state index contributed by atoms with van der Waals surface area (Å²) in [5.74, 6) is 0.231. The van der Waals surface area contributed by atoms with Gasteiger partial charge in [0.05, 0.1) is 30.8 Å². The molecule has 4 unspecified atom stereocenters. The van der Waals surface area contributed by atoms with Gasteiger partial charge in [0, 0.05) is 25.2 Å². The molecule has 2 fully saturated rings. The van der Waals surface area contributed by atoms with Crippen molar-refractivity contribution in [2.24, 2.45) is 11.8 Å². The summed E-state index contributed by atoms with van der Waals surface area (Å²) >= 11 is 0. The third-order valence-electron chi connectivity index (χ3n) is 7.28. The van der Waals surface area contributed by atoms with Gasteiger partial charge in [0.1, 0.15) is 11.9 Å². The van der Waals surface area contributed by atoms with E-state index in [2.05, 4.69) is 45.9 Å². The van der Waals surface area contributed by atoms with Crippen LogP contribution in [0.25, 0.3) is 0 Å². The summed E-state index contributed by atoms with van der Waals surface area (Å²) in [6.07, 6.45) is 20.5. The SMILES string of the molecule is CC/C(C)=C/C=C\C=C\C1OC(=O)CC2CC(=O)CC(CC3CCC[C@H](C[C@@H](C)/C=C/[C@@H]1C)O3)O2. The molecular formula is C30H44O5. The number of cyclic esters (lactones) is 1. The van der Waals surface area contributed by atoms with Crippen LogP contribution in [0.5, 0.6) is 0 Å². The van der Waals surface area contributed by atoms with Gasteiger partial charge in [-0.25, -0.2) is 0 Å². The van der Waals surface area contributed by atoms with Crippen molar-refractivity contribution in [2.45, 2.75) is 116 Å². The molecule has 35 heavy (non-hydrogen) atoms. The molecule has 0 amide bonds. The molecule has 0 aromatic rings. The molecule has 5 heteroatoms. The second kappa shape index (κ2) is 13.9. The summed E-state index contributed by atoms with van der Waals surface area (Å²) in [7, 11) is 0. The van der Waals surface area contributed by atoms with Gasteiger partial charge < -0.3 is 14.2 Å². The molecule has 3 aliphatic rings. The lowest BCUT2D eigenvalue weighted by atomic mass is 9.91. The summed E-state index contributed by atoms with van der Waals surface area (Å²) in [5.41, 5.74) is 1.31. The third-order valence-corrected chi connectivity index (χ3v) is 7.28. The fraction of sp³-hybridized carbons (Fsp3) is 0.667. The highest BCUT2D eigenvalue weighted by Gasteiger charge is 2.34. The average Bonchev–Trinajstić information content (AvgIpc) is 2.80. The topological polar surface area (TPSA) is 61.8 Å². The molecule has 0 spiro atoms. The number of allylic oxidation sites excluding steroid dienone is 6. The average molecular weight is 485 g/mol. The fourth-order valence-corrected chi connectivity index (χ4v) is 5.09. The number of carbonyl (C=O) groups is 2. The van der Waals surface area contributed by atoms with Gasteiger partial charge in [-0.1, -0.05) is 62.8 Å². The first kappa shape index (κ1) is 27.6. The summed E-state index contributed by atoms with van der Waals surface area (Å²) in [6, 6.07) is 0. The number of hydrogen-bond acceptors (Lipinski definition) is 5. The van der Waals surface area contributed by atoms with E-state index in [1.807, 2.05) is 24.3 Å². The largest absolute Gasteiger partial charge is 0.457 e. The summed E-state index contributed by atoms with van der Waals surface area (Å²) in [4.78, 5) is 25.3. The molecule has 194 valence electrons. The minimum atomic E-state index is -0.418. The van der Waals surface area contributed by atoms with Crippen LogP contribution in [0.3, 0.4) is 0 Å². The number of fused-ring (bicyclic) bond motifs is 4. The van der Waals surface area contributed by atoms with Gasteiger partial charge in [-0.05, 0) is 51.0 Å². The lowest BCUT2D eigenvalue weighted by molar-refractivity contribution is -0.158. The van der Waals surface area contributed by atoms with Crippen LogP contribution in [0, 0.1) is 11.8 Å². The van der Waals surface area contributed by atoms with E-state index in [4.69, 9.17) is 14.2 Å². The highest BCUT2D eigenvalue weighted by molar-refractivity contribution is 5.81. The predicted octanol–water partition coefficient (Wildman–Crippen LogP) is 6.43. The number of carbonyl (C=O) groups excluding carboxylic acids is 2. The monoisotopic (exact) mass is 484 g/mol. The van der Waals surface area contributed by atoms with E-state index in [1.165, 1.54) is 5.57 Å². The zero-order valence-electron chi connectivity index (χ0n) is 22.0. The molecule has 0 saturated carbocycles. The van der Waals surface area contributed by atoms with Crippen molar-refractivity contribution in [2.75, 3.05) is 0 Å².